The minimum atomic E-state index is -1.00. The molecule has 1 amide bonds. The third kappa shape index (κ3) is 2.62. The van der Waals surface area contributed by atoms with Crippen LogP contribution < -0.4 is 11.1 Å². The fourth-order valence-corrected chi connectivity index (χ4v) is 1.74. The molecule has 19 heavy (non-hydrogen) atoms. The largest absolute Gasteiger partial charge is 0.480 e. The van der Waals surface area contributed by atoms with Crippen molar-refractivity contribution in [1.82, 2.24) is 4.98 Å². The smallest absolute Gasteiger partial charge is 0.325 e. The average molecular weight is 259 g/mol. The summed E-state index contributed by atoms with van der Waals surface area (Å²) in [4.78, 5) is 26.5. The Morgan fingerprint density at radius 3 is 2.68 bits per heavy atom. The van der Waals surface area contributed by atoms with E-state index in [-0.39, 0.29) is 0 Å². The Hall–Kier alpha value is -2.63. The number of carbonyl (C=O) groups is 2. The number of para-hydroxylation sites is 1. The standard InChI is InChI=1S/C13H13N3O3/c1-7(13(18)19)15-11-6-9(12(14)17)8-4-2-3-5-10(8)16-11/h2-7H,1H3,(H2,14,17)(H,15,16)(H,18,19). The van der Waals surface area contributed by atoms with Crippen LogP contribution >= 0.6 is 0 Å². The van der Waals surface area contributed by atoms with E-state index in [0.29, 0.717) is 22.3 Å². The maximum Gasteiger partial charge on any atom is 0.325 e. The van der Waals surface area contributed by atoms with E-state index < -0.39 is 17.9 Å². The second-order valence-electron chi connectivity index (χ2n) is 4.14. The van der Waals surface area contributed by atoms with E-state index in [1.807, 2.05) is 0 Å². The van der Waals surface area contributed by atoms with Crippen LogP contribution in [0.2, 0.25) is 0 Å². The molecule has 2 aromatic rings. The molecular formula is C13H13N3O3. The number of amides is 1. The maximum absolute atomic E-state index is 11.4. The van der Waals surface area contributed by atoms with Gasteiger partial charge in [-0.25, -0.2) is 4.98 Å². The number of carbonyl (C=O) groups excluding carboxylic acids is 1. The number of carboxylic acid groups (broad SMARTS) is 1. The molecule has 1 atom stereocenters. The van der Waals surface area contributed by atoms with Gasteiger partial charge < -0.3 is 16.2 Å². The highest BCUT2D eigenvalue weighted by Crippen LogP contribution is 2.20. The maximum atomic E-state index is 11.4. The van der Waals surface area contributed by atoms with Crippen LogP contribution in [-0.4, -0.2) is 28.0 Å². The highest BCUT2D eigenvalue weighted by molar-refractivity contribution is 6.06. The number of nitrogens with zero attached hydrogens (tertiary/aromatic N) is 1. The molecule has 0 aliphatic heterocycles. The lowest BCUT2D eigenvalue weighted by Gasteiger charge is -2.12. The van der Waals surface area contributed by atoms with Gasteiger partial charge in [0.1, 0.15) is 11.9 Å². The topological polar surface area (TPSA) is 105 Å². The van der Waals surface area contributed by atoms with Crippen molar-refractivity contribution in [2.24, 2.45) is 5.73 Å². The molecule has 1 aromatic carbocycles. The molecule has 0 radical (unpaired) electrons. The number of primary amides is 1. The third-order valence-corrected chi connectivity index (χ3v) is 2.72. The summed E-state index contributed by atoms with van der Waals surface area (Å²) in [6, 6.07) is 7.69. The zero-order valence-corrected chi connectivity index (χ0v) is 10.3. The molecular weight excluding hydrogens is 246 g/mol. The minimum absolute atomic E-state index is 0.308. The van der Waals surface area contributed by atoms with Crippen LogP contribution in [0.25, 0.3) is 10.9 Å². The first-order chi connectivity index (χ1) is 8.99. The molecule has 6 nitrogen and oxygen atoms in total. The van der Waals surface area contributed by atoms with Gasteiger partial charge in [0.05, 0.1) is 11.1 Å². The van der Waals surface area contributed by atoms with Crippen molar-refractivity contribution in [3.63, 3.8) is 0 Å². The number of fused-ring (bicyclic) bond motifs is 1. The minimum Gasteiger partial charge on any atom is -0.480 e. The van der Waals surface area contributed by atoms with Crippen molar-refractivity contribution >= 4 is 28.6 Å². The summed E-state index contributed by atoms with van der Waals surface area (Å²) in [5.41, 5.74) is 6.22. The summed E-state index contributed by atoms with van der Waals surface area (Å²) in [6.07, 6.45) is 0. The van der Waals surface area contributed by atoms with Gasteiger partial charge >= 0.3 is 5.97 Å². The van der Waals surface area contributed by atoms with Gasteiger partial charge in [-0.3, -0.25) is 9.59 Å². The summed E-state index contributed by atoms with van der Waals surface area (Å²) in [5.74, 6) is -1.28. The van der Waals surface area contributed by atoms with Gasteiger partial charge in [-0.15, -0.1) is 0 Å². The molecule has 4 N–H and O–H groups in total. The highest BCUT2D eigenvalue weighted by Gasteiger charge is 2.14. The van der Waals surface area contributed by atoms with Crippen molar-refractivity contribution < 1.29 is 14.7 Å². The number of nitrogens with two attached hydrogens (primary N) is 1. The number of pyridine rings is 1. The van der Waals surface area contributed by atoms with E-state index >= 15 is 0 Å². The Morgan fingerprint density at radius 2 is 2.05 bits per heavy atom. The van der Waals surface area contributed by atoms with Gasteiger partial charge in [0.25, 0.3) is 0 Å². The molecule has 1 heterocycles. The summed E-state index contributed by atoms with van der Waals surface area (Å²) in [7, 11) is 0. The number of benzene rings is 1. The molecule has 2 rings (SSSR count). The molecule has 0 fully saturated rings. The molecule has 0 aliphatic rings. The van der Waals surface area contributed by atoms with Crippen molar-refractivity contribution in [2.75, 3.05) is 5.32 Å². The van der Waals surface area contributed by atoms with Crippen LogP contribution in [0.5, 0.6) is 0 Å². The Kier molecular flexibility index (Phi) is 3.33. The molecule has 98 valence electrons. The zero-order chi connectivity index (χ0) is 14.0. The first-order valence-corrected chi connectivity index (χ1v) is 5.68. The van der Waals surface area contributed by atoms with E-state index in [4.69, 9.17) is 10.8 Å². The number of hydrogen-bond donors (Lipinski definition) is 3. The zero-order valence-electron chi connectivity index (χ0n) is 10.3. The summed E-state index contributed by atoms with van der Waals surface area (Å²) >= 11 is 0. The normalized spacial score (nSPS) is 12.1. The number of aromatic nitrogens is 1. The molecule has 1 unspecified atom stereocenters. The van der Waals surface area contributed by atoms with Crippen molar-refractivity contribution in [3.05, 3.63) is 35.9 Å². The Labute approximate surface area is 109 Å². The molecule has 0 saturated carbocycles. The molecule has 0 spiro atoms. The summed E-state index contributed by atoms with van der Waals surface area (Å²) < 4.78 is 0. The number of hydrogen-bond acceptors (Lipinski definition) is 4. The van der Waals surface area contributed by atoms with Crippen molar-refractivity contribution in [1.29, 1.82) is 0 Å². The summed E-state index contributed by atoms with van der Waals surface area (Å²) in [5, 5.41) is 12.2. The monoisotopic (exact) mass is 259 g/mol. The highest BCUT2D eigenvalue weighted by atomic mass is 16.4. The quantitative estimate of drug-likeness (QED) is 0.765. The predicted octanol–water partition coefficient (Wildman–Crippen LogP) is 1.22. The molecule has 0 aliphatic carbocycles. The van der Waals surface area contributed by atoms with E-state index in [1.165, 1.54) is 13.0 Å². The van der Waals surface area contributed by atoms with Gasteiger partial charge in [-0.05, 0) is 19.1 Å². The second kappa shape index (κ2) is 4.93. The van der Waals surface area contributed by atoms with E-state index in [9.17, 15) is 9.59 Å². The lowest BCUT2D eigenvalue weighted by molar-refractivity contribution is -0.137. The van der Waals surface area contributed by atoms with Crippen molar-refractivity contribution in [2.45, 2.75) is 13.0 Å². The Balaban J connectivity index is 2.52. The first-order valence-electron chi connectivity index (χ1n) is 5.68. The van der Waals surface area contributed by atoms with Gasteiger partial charge in [0.15, 0.2) is 0 Å². The number of carboxylic acids is 1. The second-order valence-corrected chi connectivity index (χ2v) is 4.14. The third-order valence-electron chi connectivity index (χ3n) is 2.72. The fraction of sp³-hybridized carbons (Fsp3) is 0.154. The number of nitrogens with one attached hydrogen (secondary N) is 1. The Morgan fingerprint density at radius 1 is 1.37 bits per heavy atom. The fourth-order valence-electron chi connectivity index (χ4n) is 1.74. The molecule has 0 saturated heterocycles. The number of anilines is 1. The number of aliphatic carboxylic acids is 1. The van der Waals surface area contributed by atoms with E-state index in [2.05, 4.69) is 10.3 Å². The average Bonchev–Trinajstić information content (AvgIpc) is 2.37. The number of rotatable bonds is 4. The lowest BCUT2D eigenvalue weighted by Crippen LogP contribution is -2.26. The van der Waals surface area contributed by atoms with Crippen LogP contribution in [0.4, 0.5) is 5.82 Å². The van der Waals surface area contributed by atoms with Crippen LogP contribution in [-0.2, 0) is 4.79 Å². The molecule has 0 bridgehead atoms. The van der Waals surface area contributed by atoms with Crippen LogP contribution in [0.3, 0.4) is 0 Å². The van der Waals surface area contributed by atoms with E-state index in [0.717, 1.165) is 0 Å². The van der Waals surface area contributed by atoms with Gasteiger partial charge in [0, 0.05) is 5.39 Å². The van der Waals surface area contributed by atoms with Gasteiger partial charge in [-0.2, -0.15) is 0 Å². The van der Waals surface area contributed by atoms with E-state index in [1.54, 1.807) is 24.3 Å². The van der Waals surface area contributed by atoms with Crippen LogP contribution in [0.15, 0.2) is 30.3 Å². The van der Waals surface area contributed by atoms with Gasteiger partial charge in [0.2, 0.25) is 5.91 Å². The van der Waals surface area contributed by atoms with Crippen LogP contribution in [0.1, 0.15) is 17.3 Å². The Bertz CT molecular complexity index is 655. The predicted molar refractivity (Wildman–Crippen MR) is 71.0 cm³/mol. The molecule has 1 aromatic heterocycles. The summed E-state index contributed by atoms with van der Waals surface area (Å²) in [6.45, 7) is 1.49. The lowest BCUT2D eigenvalue weighted by atomic mass is 10.1. The van der Waals surface area contributed by atoms with Gasteiger partial charge in [-0.1, -0.05) is 18.2 Å². The van der Waals surface area contributed by atoms with Crippen molar-refractivity contribution in [3.8, 4) is 0 Å². The van der Waals surface area contributed by atoms with Crippen LogP contribution in [0, 0.1) is 0 Å². The first kappa shape index (κ1) is 12.8. The SMILES string of the molecule is CC(Nc1cc(C(N)=O)c2ccccc2n1)C(=O)O. The molecule has 6 heteroatoms.